The van der Waals surface area contributed by atoms with Gasteiger partial charge in [0.15, 0.2) is 0 Å². The quantitative estimate of drug-likeness (QED) is 0.288. The molecule has 0 aromatic heterocycles. The van der Waals surface area contributed by atoms with Gasteiger partial charge in [-0.25, -0.2) is 0 Å². The summed E-state index contributed by atoms with van der Waals surface area (Å²) < 4.78 is 20.5. The molecule has 1 aliphatic carbocycles. The molecule has 0 amide bonds. The lowest BCUT2D eigenvalue weighted by Gasteiger charge is -2.47. The SMILES string of the molecule is CCCCOC1CC(N[S+]([O-])C(C)(C)C)(C(=N)N)C1. The summed E-state index contributed by atoms with van der Waals surface area (Å²) in [6.07, 6.45) is 3.55. The predicted molar refractivity (Wildman–Crippen MR) is 79.6 cm³/mol. The van der Waals surface area contributed by atoms with E-state index in [0.717, 1.165) is 19.4 Å². The van der Waals surface area contributed by atoms with E-state index in [0.29, 0.717) is 12.8 Å². The zero-order valence-electron chi connectivity index (χ0n) is 12.4. The van der Waals surface area contributed by atoms with Crippen LogP contribution in [-0.4, -0.2) is 33.4 Å². The molecular formula is C13H27N3O2S. The molecule has 1 atom stereocenters. The lowest BCUT2D eigenvalue weighted by molar-refractivity contribution is -0.0287. The summed E-state index contributed by atoms with van der Waals surface area (Å²) in [4.78, 5) is 0. The lowest BCUT2D eigenvalue weighted by atomic mass is 9.74. The first-order valence-electron chi connectivity index (χ1n) is 6.87. The first kappa shape index (κ1) is 16.8. The number of hydrogen-bond donors (Lipinski definition) is 3. The number of nitrogens with one attached hydrogen (secondary N) is 2. The Morgan fingerprint density at radius 3 is 2.53 bits per heavy atom. The van der Waals surface area contributed by atoms with Crippen molar-refractivity contribution in [1.82, 2.24) is 4.72 Å². The van der Waals surface area contributed by atoms with Gasteiger partial charge in [0.1, 0.15) is 16.1 Å². The minimum atomic E-state index is -1.22. The molecule has 1 rings (SSSR count). The predicted octanol–water partition coefficient (Wildman–Crippen LogP) is 1.69. The molecule has 112 valence electrons. The third-order valence-corrected chi connectivity index (χ3v) is 5.05. The Bertz CT molecular complexity index is 312. The second-order valence-corrected chi connectivity index (χ2v) is 8.20. The van der Waals surface area contributed by atoms with Gasteiger partial charge in [-0.05, 0) is 27.2 Å². The van der Waals surface area contributed by atoms with E-state index in [-0.39, 0.29) is 16.7 Å². The number of ether oxygens (including phenoxy) is 1. The van der Waals surface area contributed by atoms with Crippen molar-refractivity contribution in [3.05, 3.63) is 0 Å². The first-order valence-corrected chi connectivity index (χ1v) is 8.02. The van der Waals surface area contributed by atoms with E-state index in [4.69, 9.17) is 15.9 Å². The number of hydrogen-bond acceptors (Lipinski definition) is 4. The molecule has 0 radical (unpaired) electrons. The third-order valence-electron chi connectivity index (χ3n) is 3.36. The molecule has 19 heavy (non-hydrogen) atoms. The molecule has 1 unspecified atom stereocenters. The molecule has 1 fully saturated rings. The lowest BCUT2D eigenvalue weighted by Crippen LogP contribution is -2.68. The van der Waals surface area contributed by atoms with Gasteiger partial charge in [-0.1, -0.05) is 13.3 Å². The molecule has 4 N–H and O–H groups in total. The minimum Gasteiger partial charge on any atom is -0.598 e. The zero-order valence-corrected chi connectivity index (χ0v) is 13.2. The second-order valence-electron chi connectivity index (χ2n) is 6.23. The highest BCUT2D eigenvalue weighted by Crippen LogP contribution is 2.36. The number of rotatable bonds is 7. The summed E-state index contributed by atoms with van der Waals surface area (Å²) in [5.74, 6) is 0.0560. The van der Waals surface area contributed by atoms with Crippen LogP contribution in [-0.2, 0) is 16.1 Å². The Balaban J connectivity index is 2.50. The molecule has 0 saturated heterocycles. The van der Waals surface area contributed by atoms with Gasteiger partial charge >= 0.3 is 0 Å². The summed E-state index contributed by atoms with van der Waals surface area (Å²) in [5.41, 5.74) is 5.03. The fourth-order valence-corrected chi connectivity index (χ4v) is 2.86. The smallest absolute Gasteiger partial charge is 0.136 e. The van der Waals surface area contributed by atoms with Crippen LogP contribution in [0.25, 0.3) is 0 Å². The van der Waals surface area contributed by atoms with Gasteiger partial charge in [-0.3, -0.25) is 5.41 Å². The average Bonchev–Trinajstić information content (AvgIpc) is 2.23. The standard InChI is InChI=1S/C13H27N3O2S/c1-5-6-7-18-10-8-13(9-10,11(14)15)16-19(17)12(2,3)4/h10,16H,5-9H2,1-4H3,(H3,14,15). The minimum absolute atomic E-state index is 0.0560. The fourth-order valence-electron chi connectivity index (χ4n) is 1.92. The first-order chi connectivity index (χ1) is 8.71. The molecule has 0 spiro atoms. The van der Waals surface area contributed by atoms with E-state index in [9.17, 15) is 4.55 Å². The molecule has 0 heterocycles. The van der Waals surface area contributed by atoms with E-state index in [2.05, 4.69) is 11.6 Å². The van der Waals surface area contributed by atoms with Crippen molar-refractivity contribution < 1.29 is 9.29 Å². The topological polar surface area (TPSA) is 94.2 Å². The summed E-state index contributed by atoms with van der Waals surface area (Å²) in [7, 11) is 0. The van der Waals surface area contributed by atoms with Crippen LogP contribution in [0.1, 0.15) is 53.4 Å². The van der Waals surface area contributed by atoms with Crippen molar-refractivity contribution >= 4 is 17.2 Å². The highest BCUT2D eigenvalue weighted by molar-refractivity contribution is 7.90. The van der Waals surface area contributed by atoms with Gasteiger partial charge in [-0.15, -0.1) is 4.72 Å². The number of nitrogens with two attached hydrogens (primary N) is 1. The average molecular weight is 289 g/mol. The maximum Gasteiger partial charge on any atom is 0.136 e. The van der Waals surface area contributed by atoms with Crippen LogP contribution in [0.15, 0.2) is 0 Å². The maximum absolute atomic E-state index is 12.2. The van der Waals surface area contributed by atoms with Crippen molar-refractivity contribution in [3.63, 3.8) is 0 Å². The molecule has 1 saturated carbocycles. The molecule has 0 aliphatic heterocycles. The fraction of sp³-hybridized carbons (Fsp3) is 0.923. The highest BCUT2D eigenvalue weighted by atomic mass is 32.2. The van der Waals surface area contributed by atoms with Gasteiger partial charge in [0.2, 0.25) is 0 Å². The van der Waals surface area contributed by atoms with Crippen molar-refractivity contribution in [2.75, 3.05) is 6.61 Å². The maximum atomic E-state index is 12.2. The van der Waals surface area contributed by atoms with Crippen LogP contribution in [0.3, 0.4) is 0 Å². The van der Waals surface area contributed by atoms with Crippen LogP contribution in [0.5, 0.6) is 0 Å². The van der Waals surface area contributed by atoms with Crippen molar-refractivity contribution in [3.8, 4) is 0 Å². The summed E-state index contributed by atoms with van der Waals surface area (Å²) in [6, 6.07) is 0. The van der Waals surface area contributed by atoms with Gasteiger partial charge < -0.3 is 15.0 Å². The molecule has 5 nitrogen and oxygen atoms in total. The number of unbranched alkanes of at least 4 members (excludes halogenated alkanes) is 1. The molecule has 6 heteroatoms. The molecule has 0 bridgehead atoms. The van der Waals surface area contributed by atoms with Crippen molar-refractivity contribution in [1.29, 1.82) is 5.41 Å². The third kappa shape index (κ3) is 4.34. The van der Waals surface area contributed by atoms with Gasteiger partial charge in [0, 0.05) is 30.8 Å². The summed E-state index contributed by atoms with van der Waals surface area (Å²) in [6.45, 7) is 8.57. The Morgan fingerprint density at radius 1 is 1.53 bits per heavy atom. The Kier molecular flexibility index (Phi) is 5.67. The molecule has 0 aromatic rings. The van der Waals surface area contributed by atoms with E-state index < -0.39 is 16.9 Å². The van der Waals surface area contributed by atoms with Crippen LogP contribution < -0.4 is 10.5 Å². The molecule has 0 aromatic carbocycles. The van der Waals surface area contributed by atoms with E-state index >= 15 is 0 Å². The Morgan fingerprint density at radius 2 is 2.11 bits per heavy atom. The molecule has 1 aliphatic rings. The van der Waals surface area contributed by atoms with Crippen molar-refractivity contribution in [2.45, 2.75) is 69.8 Å². The van der Waals surface area contributed by atoms with Crippen LogP contribution in [0.2, 0.25) is 0 Å². The monoisotopic (exact) mass is 289 g/mol. The van der Waals surface area contributed by atoms with E-state index in [1.165, 1.54) is 0 Å². The highest BCUT2D eigenvalue weighted by Gasteiger charge is 2.52. The van der Waals surface area contributed by atoms with Gasteiger partial charge in [-0.2, -0.15) is 0 Å². The summed E-state index contributed by atoms with van der Waals surface area (Å²) in [5, 5.41) is 7.73. The second kappa shape index (κ2) is 6.43. The molecular weight excluding hydrogens is 262 g/mol. The van der Waals surface area contributed by atoms with Crippen LogP contribution >= 0.6 is 0 Å². The van der Waals surface area contributed by atoms with Crippen LogP contribution in [0, 0.1) is 5.41 Å². The van der Waals surface area contributed by atoms with Gasteiger partial charge in [0.25, 0.3) is 0 Å². The Labute approximate surface area is 119 Å². The van der Waals surface area contributed by atoms with Crippen LogP contribution in [0.4, 0.5) is 0 Å². The normalized spacial score (nSPS) is 28.8. The Hall–Kier alpha value is -0.300. The van der Waals surface area contributed by atoms with Crippen molar-refractivity contribution in [2.24, 2.45) is 5.73 Å². The largest absolute Gasteiger partial charge is 0.598 e. The van der Waals surface area contributed by atoms with E-state index in [1.54, 1.807) is 0 Å². The van der Waals surface area contributed by atoms with E-state index in [1.807, 2.05) is 20.8 Å². The zero-order chi connectivity index (χ0) is 14.7. The summed E-state index contributed by atoms with van der Waals surface area (Å²) >= 11 is -1.22. The van der Waals surface area contributed by atoms with Gasteiger partial charge in [0.05, 0.1) is 6.10 Å². The number of amidine groups is 1.